The summed E-state index contributed by atoms with van der Waals surface area (Å²) in [7, 11) is 0. The lowest BCUT2D eigenvalue weighted by atomic mass is 9.82. The van der Waals surface area contributed by atoms with E-state index in [9.17, 15) is 0 Å². The summed E-state index contributed by atoms with van der Waals surface area (Å²) >= 11 is 0. The van der Waals surface area contributed by atoms with Crippen LogP contribution < -0.4 is 5.73 Å². The molecule has 4 heteroatoms. The van der Waals surface area contributed by atoms with Gasteiger partial charge in [0.15, 0.2) is 0 Å². The molecule has 0 amide bonds. The maximum absolute atomic E-state index is 6.18. The molecule has 2 atom stereocenters. The predicted octanol–water partition coefficient (Wildman–Crippen LogP) is 1.78. The van der Waals surface area contributed by atoms with E-state index < -0.39 is 0 Å². The Morgan fingerprint density at radius 2 is 2.00 bits per heavy atom. The monoisotopic (exact) mass is 282 g/mol. The van der Waals surface area contributed by atoms with Crippen molar-refractivity contribution >= 4 is 0 Å². The third-order valence-electron chi connectivity index (χ3n) is 5.51. The van der Waals surface area contributed by atoms with E-state index in [1.165, 1.54) is 45.2 Å². The van der Waals surface area contributed by atoms with Crippen LogP contribution in [0.1, 0.15) is 44.9 Å². The summed E-state index contributed by atoms with van der Waals surface area (Å²) in [6, 6.07) is 0.724. The van der Waals surface area contributed by atoms with Gasteiger partial charge in [0.25, 0.3) is 0 Å². The van der Waals surface area contributed by atoms with Crippen LogP contribution in [-0.2, 0) is 9.47 Å². The summed E-state index contributed by atoms with van der Waals surface area (Å²) < 4.78 is 11.7. The van der Waals surface area contributed by atoms with Gasteiger partial charge in [-0.1, -0.05) is 0 Å². The third-order valence-corrected chi connectivity index (χ3v) is 5.51. The third kappa shape index (κ3) is 3.35. The lowest BCUT2D eigenvalue weighted by molar-refractivity contribution is -0.153. The van der Waals surface area contributed by atoms with Gasteiger partial charge in [0.05, 0.1) is 5.60 Å². The lowest BCUT2D eigenvalue weighted by Crippen LogP contribution is -2.53. The maximum atomic E-state index is 6.18. The molecular formula is C16H30N2O2. The summed E-state index contributed by atoms with van der Waals surface area (Å²) in [4.78, 5) is 2.74. The zero-order valence-corrected chi connectivity index (χ0v) is 12.7. The molecule has 116 valence electrons. The fraction of sp³-hybridized carbons (Fsp3) is 1.00. The highest BCUT2D eigenvalue weighted by Gasteiger charge is 2.41. The van der Waals surface area contributed by atoms with Gasteiger partial charge in [-0.2, -0.15) is 0 Å². The van der Waals surface area contributed by atoms with E-state index >= 15 is 0 Å². The standard InChI is InChI=1S/C16H30N2O2/c17-7-3-14-2-1-8-18(13-14)15-4-9-20-16(12-15)5-10-19-11-6-16/h14-15H,1-13,17H2. The van der Waals surface area contributed by atoms with E-state index in [2.05, 4.69) is 4.90 Å². The summed E-state index contributed by atoms with van der Waals surface area (Å²) in [6.45, 7) is 6.06. The molecule has 4 nitrogen and oxygen atoms in total. The summed E-state index contributed by atoms with van der Waals surface area (Å²) in [5.74, 6) is 0.822. The minimum atomic E-state index is 0.127. The number of piperidine rings is 1. The van der Waals surface area contributed by atoms with Crippen LogP contribution in [0.4, 0.5) is 0 Å². The first-order chi connectivity index (χ1) is 9.81. The fourth-order valence-electron chi connectivity index (χ4n) is 4.31. The van der Waals surface area contributed by atoms with Crippen LogP contribution in [-0.4, -0.2) is 56.0 Å². The molecular weight excluding hydrogens is 252 g/mol. The first-order valence-corrected chi connectivity index (χ1v) is 8.47. The van der Waals surface area contributed by atoms with Gasteiger partial charge in [0.1, 0.15) is 0 Å². The molecule has 0 aromatic rings. The van der Waals surface area contributed by atoms with Crippen LogP contribution >= 0.6 is 0 Å². The van der Waals surface area contributed by atoms with Crippen molar-refractivity contribution in [2.75, 3.05) is 39.5 Å². The number of ether oxygens (including phenoxy) is 2. The average molecular weight is 282 g/mol. The van der Waals surface area contributed by atoms with E-state index in [1.54, 1.807) is 0 Å². The van der Waals surface area contributed by atoms with Gasteiger partial charge in [-0.3, -0.25) is 4.90 Å². The Hall–Kier alpha value is -0.160. The molecule has 3 heterocycles. The van der Waals surface area contributed by atoms with Gasteiger partial charge in [0.2, 0.25) is 0 Å². The Morgan fingerprint density at radius 1 is 1.15 bits per heavy atom. The first-order valence-electron chi connectivity index (χ1n) is 8.47. The molecule has 3 aliphatic heterocycles. The second-order valence-electron chi connectivity index (χ2n) is 6.87. The van der Waals surface area contributed by atoms with Gasteiger partial charge < -0.3 is 15.2 Å². The number of nitrogens with zero attached hydrogens (tertiary/aromatic N) is 1. The van der Waals surface area contributed by atoms with Gasteiger partial charge in [-0.15, -0.1) is 0 Å². The van der Waals surface area contributed by atoms with Crippen LogP contribution in [0.3, 0.4) is 0 Å². The Kier molecular flexibility index (Phi) is 4.97. The van der Waals surface area contributed by atoms with Gasteiger partial charge in [-0.05, 0) is 64.0 Å². The Labute approximate surface area is 123 Å². The zero-order valence-electron chi connectivity index (χ0n) is 12.7. The predicted molar refractivity (Wildman–Crippen MR) is 79.7 cm³/mol. The van der Waals surface area contributed by atoms with Crippen molar-refractivity contribution in [2.24, 2.45) is 11.7 Å². The van der Waals surface area contributed by atoms with Crippen molar-refractivity contribution in [3.8, 4) is 0 Å². The summed E-state index contributed by atoms with van der Waals surface area (Å²) in [6.07, 6.45) is 8.50. The van der Waals surface area contributed by atoms with Crippen LogP contribution in [0.2, 0.25) is 0 Å². The molecule has 0 radical (unpaired) electrons. The SMILES string of the molecule is NCCC1CCCN(C2CCOC3(CCOCC3)C2)C1. The molecule has 1 spiro atoms. The van der Waals surface area contributed by atoms with E-state index in [-0.39, 0.29) is 5.60 Å². The van der Waals surface area contributed by atoms with Crippen molar-refractivity contribution in [1.82, 2.24) is 4.90 Å². The Morgan fingerprint density at radius 3 is 2.80 bits per heavy atom. The number of rotatable bonds is 3. The topological polar surface area (TPSA) is 47.7 Å². The van der Waals surface area contributed by atoms with Crippen molar-refractivity contribution in [1.29, 1.82) is 0 Å². The average Bonchev–Trinajstić information content (AvgIpc) is 2.49. The first kappa shape index (κ1) is 14.8. The van der Waals surface area contributed by atoms with Crippen LogP contribution in [0, 0.1) is 5.92 Å². The Balaban J connectivity index is 1.58. The summed E-state index contributed by atoms with van der Waals surface area (Å²) in [5.41, 5.74) is 5.87. The number of hydrogen-bond acceptors (Lipinski definition) is 4. The second kappa shape index (κ2) is 6.73. The van der Waals surface area contributed by atoms with Crippen molar-refractivity contribution < 1.29 is 9.47 Å². The van der Waals surface area contributed by atoms with Crippen molar-refractivity contribution in [3.63, 3.8) is 0 Å². The lowest BCUT2D eigenvalue weighted by Gasteiger charge is -2.48. The molecule has 20 heavy (non-hydrogen) atoms. The van der Waals surface area contributed by atoms with Gasteiger partial charge in [-0.25, -0.2) is 0 Å². The molecule has 3 rings (SSSR count). The molecule has 3 fully saturated rings. The van der Waals surface area contributed by atoms with E-state index in [0.717, 1.165) is 51.2 Å². The van der Waals surface area contributed by atoms with Gasteiger partial charge >= 0.3 is 0 Å². The van der Waals surface area contributed by atoms with Crippen LogP contribution in [0.5, 0.6) is 0 Å². The minimum absolute atomic E-state index is 0.127. The highest BCUT2D eigenvalue weighted by molar-refractivity contribution is 4.93. The molecule has 0 aromatic carbocycles. The number of hydrogen-bond donors (Lipinski definition) is 1. The zero-order chi connectivity index (χ0) is 13.8. The van der Waals surface area contributed by atoms with E-state index in [4.69, 9.17) is 15.2 Å². The number of likely N-dealkylation sites (tertiary alicyclic amines) is 1. The number of nitrogens with two attached hydrogens (primary N) is 1. The Bertz CT molecular complexity index is 297. The van der Waals surface area contributed by atoms with Crippen molar-refractivity contribution in [2.45, 2.75) is 56.6 Å². The quantitative estimate of drug-likeness (QED) is 0.857. The summed E-state index contributed by atoms with van der Waals surface area (Å²) in [5, 5.41) is 0. The molecule has 0 aliphatic carbocycles. The molecule has 2 N–H and O–H groups in total. The van der Waals surface area contributed by atoms with E-state index in [0.29, 0.717) is 0 Å². The highest BCUT2D eigenvalue weighted by atomic mass is 16.5. The molecule has 3 aliphatic rings. The van der Waals surface area contributed by atoms with E-state index in [1.807, 2.05) is 0 Å². The molecule has 0 saturated carbocycles. The highest BCUT2D eigenvalue weighted by Crippen LogP contribution is 2.37. The second-order valence-corrected chi connectivity index (χ2v) is 6.87. The van der Waals surface area contributed by atoms with Crippen LogP contribution in [0.25, 0.3) is 0 Å². The van der Waals surface area contributed by atoms with Crippen LogP contribution in [0.15, 0.2) is 0 Å². The largest absolute Gasteiger partial charge is 0.381 e. The molecule has 2 unspecified atom stereocenters. The maximum Gasteiger partial charge on any atom is 0.0741 e. The molecule has 0 aromatic heterocycles. The minimum Gasteiger partial charge on any atom is -0.381 e. The fourth-order valence-corrected chi connectivity index (χ4v) is 4.31. The molecule has 3 saturated heterocycles. The van der Waals surface area contributed by atoms with Gasteiger partial charge in [0, 0.05) is 32.4 Å². The normalized spacial score (nSPS) is 35.2. The van der Waals surface area contributed by atoms with Crippen molar-refractivity contribution in [3.05, 3.63) is 0 Å². The molecule has 0 bridgehead atoms. The smallest absolute Gasteiger partial charge is 0.0741 e.